The molecule has 0 saturated heterocycles. The van der Waals surface area contributed by atoms with Gasteiger partial charge in [0.25, 0.3) is 0 Å². The molecule has 28 heavy (non-hydrogen) atoms. The molecule has 156 valence electrons. The van der Waals surface area contributed by atoms with Crippen molar-refractivity contribution >= 4 is 59.6 Å². The molecule has 0 unspecified atom stereocenters. The Hall–Kier alpha value is -0.200. The molecule has 0 amide bonds. The largest absolute Gasteiger partial charge is 0.348 e. The fourth-order valence-electron chi connectivity index (χ4n) is 2.31. The van der Waals surface area contributed by atoms with E-state index >= 15 is 0 Å². The Morgan fingerprint density at radius 1 is 0.643 bits per heavy atom. The minimum Gasteiger partial charge on any atom is -0.348 e. The fraction of sp³-hybridized carbons (Fsp3) is 0.556. The minimum absolute atomic E-state index is 0.478. The lowest BCUT2D eigenvalue weighted by Gasteiger charge is -2.18. The smallest absolute Gasteiger partial charge is 0.191 e. The van der Waals surface area contributed by atoms with Gasteiger partial charge in [-0.25, -0.2) is 0 Å². The molecule has 2 heterocycles. The zero-order valence-electron chi connectivity index (χ0n) is 16.2. The van der Waals surface area contributed by atoms with Crippen LogP contribution in [-0.4, -0.2) is 51.6 Å². The van der Waals surface area contributed by atoms with E-state index in [9.17, 15) is 9.59 Å². The highest BCUT2D eigenvalue weighted by molar-refractivity contribution is 8.34. The number of carbonyl (C=O) groups excluding carboxylic acids is 2. The Labute approximate surface area is 182 Å². The summed E-state index contributed by atoms with van der Waals surface area (Å²) in [5.74, 6) is 0. The van der Waals surface area contributed by atoms with Crippen LogP contribution in [0, 0.1) is 0 Å². The Kier molecular flexibility index (Phi) is 10.7. The van der Waals surface area contributed by atoms with Crippen LogP contribution in [0.1, 0.15) is 27.7 Å². The monoisotopic (exact) mass is 464 g/mol. The molecule has 0 aromatic rings. The second-order valence-electron chi connectivity index (χ2n) is 5.16. The average Bonchev–Trinajstić information content (AvgIpc) is 3.31. The van der Waals surface area contributed by atoms with Crippen LogP contribution in [0.2, 0.25) is 0 Å². The summed E-state index contributed by atoms with van der Waals surface area (Å²) in [4.78, 5) is 25.9. The van der Waals surface area contributed by atoms with Crippen molar-refractivity contribution in [2.24, 2.45) is 0 Å². The maximum atomic E-state index is 11.6. The number of aldehydes is 2. The Balaban J connectivity index is 2.24. The predicted octanol–water partition coefficient (Wildman–Crippen LogP) is 4.69. The summed E-state index contributed by atoms with van der Waals surface area (Å²) in [5, 5.41) is 0. The minimum atomic E-state index is -0.570. The van der Waals surface area contributed by atoms with Gasteiger partial charge in [0, 0.05) is 26.4 Å². The molecule has 0 saturated carbocycles. The van der Waals surface area contributed by atoms with Crippen molar-refractivity contribution in [2.45, 2.75) is 40.3 Å². The highest BCUT2D eigenvalue weighted by Crippen LogP contribution is 2.60. The molecule has 10 heteroatoms. The summed E-state index contributed by atoms with van der Waals surface area (Å²) < 4.78 is 24.5. The molecule has 0 bridgehead atoms. The lowest BCUT2D eigenvalue weighted by molar-refractivity contribution is -0.109. The first-order valence-corrected chi connectivity index (χ1v) is 12.2. The Morgan fingerprint density at radius 2 is 0.964 bits per heavy atom. The third-order valence-electron chi connectivity index (χ3n) is 3.38. The highest BCUT2D eigenvalue weighted by Gasteiger charge is 2.35. The molecule has 0 radical (unpaired) electrons. The van der Waals surface area contributed by atoms with E-state index in [2.05, 4.69) is 0 Å². The Morgan fingerprint density at radius 3 is 1.21 bits per heavy atom. The molecular formula is C18H24O6S4. The van der Waals surface area contributed by atoms with Crippen molar-refractivity contribution in [2.75, 3.05) is 26.4 Å². The Bertz CT molecular complexity index is 605. The van der Waals surface area contributed by atoms with Crippen molar-refractivity contribution in [1.82, 2.24) is 0 Å². The van der Waals surface area contributed by atoms with E-state index in [4.69, 9.17) is 18.9 Å². The van der Waals surface area contributed by atoms with Gasteiger partial charge in [-0.3, -0.25) is 9.59 Å². The van der Waals surface area contributed by atoms with E-state index in [0.29, 0.717) is 36.2 Å². The van der Waals surface area contributed by atoms with Gasteiger partial charge < -0.3 is 18.9 Å². The summed E-state index contributed by atoms with van der Waals surface area (Å²) in [6.45, 7) is 9.45. The summed E-state index contributed by atoms with van der Waals surface area (Å²) in [7, 11) is 0. The van der Waals surface area contributed by atoms with Gasteiger partial charge in [0.2, 0.25) is 0 Å². The van der Waals surface area contributed by atoms with Crippen LogP contribution in [0.5, 0.6) is 0 Å². The van der Waals surface area contributed by atoms with Crippen LogP contribution < -0.4 is 0 Å². The van der Waals surface area contributed by atoms with Crippen molar-refractivity contribution in [3.8, 4) is 0 Å². The van der Waals surface area contributed by atoms with Crippen LogP contribution >= 0.6 is 47.0 Å². The number of hydrogen-bond acceptors (Lipinski definition) is 10. The van der Waals surface area contributed by atoms with E-state index in [1.165, 1.54) is 47.0 Å². The second-order valence-corrected chi connectivity index (χ2v) is 9.89. The van der Waals surface area contributed by atoms with Crippen molar-refractivity contribution in [1.29, 1.82) is 0 Å². The number of ether oxygens (including phenoxy) is 4. The van der Waals surface area contributed by atoms with E-state index in [1.807, 2.05) is 27.7 Å². The van der Waals surface area contributed by atoms with Crippen LogP contribution in [0.4, 0.5) is 0 Å². The van der Waals surface area contributed by atoms with Crippen LogP contribution in [0.25, 0.3) is 0 Å². The molecule has 0 spiro atoms. The molecule has 2 aliphatic heterocycles. The fourth-order valence-corrected chi connectivity index (χ4v) is 7.60. The number of hydrogen-bond donors (Lipinski definition) is 0. The maximum absolute atomic E-state index is 11.6. The zero-order valence-corrected chi connectivity index (χ0v) is 19.5. The maximum Gasteiger partial charge on any atom is 0.191 e. The number of allylic oxidation sites excluding steroid dienone is 2. The third kappa shape index (κ3) is 5.91. The first kappa shape index (κ1) is 24.1. The van der Waals surface area contributed by atoms with Crippen LogP contribution in [0.3, 0.4) is 0 Å². The number of thioether (sulfide) groups is 4. The molecule has 0 aromatic carbocycles. The molecule has 0 atom stereocenters. The average molecular weight is 465 g/mol. The quantitative estimate of drug-likeness (QED) is 0.300. The molecular weight excluding hydrogens is 440 g/mol. The first-order chi connectivity index (χ1) is 13.6. The third-order valence-corrected chi connectivity index (χ3v) is 9.05. The van der Waals surface area contributed by atoms with Gasteiger partial charge >= 0.3 is 0 Å². The normalized spacial score (nSPS) is 20.2. The highest BCUT2D eigenvalue weighted by atomic mass is 32.2. The van der Waals surface area contributed by atoms with E-state index in [-0.39, 0.29) is 0 Å². The van der Waals surface area contributed by atoms with Crippen molar-refractivity contribution < 1.29 is 28.5 Å². The standard InChI is InChI=1S/C18H24O6S4/c1-5-21-15(22-6-2)13-11(9-19)25-17(27-13)18-26-12(10-20)14(28-18)16(23-7-3)24-8-4/h9-10,15-16H,5-8H2,1-4H3/b18-17+. The van der Waals surface area contributed by atoms with Crippen LogP contribution in [0.15, 0.2) is 28.1 Å². The molecule has 2 rings (SSSR count). The summed E-state index contributed by atoms with van der Waals surface area (Å²) >= 11 is 5.67. The van der Waals surface area contributed by atoms with Gasteiger partial charge in [-0.05, 0) is 27.7 Å². The molecule has 0 aromatic heterocycles. The molecule has 0 N–H and O–H groups in total. The van der Waals surface area contributed by atoms with Crippen molar-refractivity contribution in [3.63, 3.8) is 0 Å². The topological polar surface area (TPSA) is 71.1 Å². The van der Waals surface area contributed by atoms with Gasteiger partial charge in [0.1, 0.15) is 0 Å². The van der Waals surface area contributed by atoms with E-state index in [0.717, 1.165) is 30.9 Å². The van der Waals surface area contributed by atoms with Crippen LogP contribution in [-0.2, 0) is 28.5 Å². The molecule has 6 nitrogen and oxygen atoms in total. The lowest BCUT2D eigenvalue weighted by Crippen LogP contribution is -2.19. The van der Waals surface area contributed by atoms with E-state index in [1.54, 1.807) is 0 Å². The summed E-state index contributed by atoms with van der Waals surface area (Å²) in [6, 6.07) is 0. The van der Waals surface area contributed by atoms with Gasteiger partial charge in [0.05, 0.1) is 28.1 Å². The number of carbonyl (C=O) groups is 2. The van der Waals surface area contributed by atoms with E-state index < -0.39 is 12.6 Å². The number of rotatable bonds is 12. The second kappa shape index (κ2) is 12.5. The predicted molar refractivity (Wildman–Crippen MR) is 118 cm³/mol. The SMILES string of the molecule is CCOC(OCC)C1=C(C=O)S/C(=C2/SC(C=O)=C(C(OCC)OCC)S2)S1. The molecule has 2 aliphatic rings. The van der Waals surface area contributed by atoms with Gasteiger partial charge in [-0.1, -0.05) is 47.0 Å². The van der Waals surface area contributed by atoms with Gasteiger partial charge in [-0.2, -0.15) is 0 Å². The first-order valence-electron chi connectivity index (χ1n) is 8.94. The summed E-state index contributed by atoms with van der Waals surface area (Å²) in [5.41, 5.74) is 0. The molecule has 0 fully saturated rings. The van der Waals surface area contributed by atoms with Gasteiger partial charge in [-0.15, -0.1) is 0 Å². The van der Waals surface area contributed by atoms with Crippen molar-refractivity contribution in [3.05, 3.63) is 28.1 Å². The molecule has 0 aliphatic carbocycles. The zero-order chi connectivity index (χ0) is 20.5. The lowest BCUT2D eigenvalue weighted by atomic mass is 10.5. The summed E-state index contributed by atoms with van der Waals surface area (Å²) in [6.07, 6.45) is 0.516. The van der Waals surface area contributed by atoms with Gasteiger partial charge in [0.15, 0.2) is 25.2 Å².